The Morgan fingerprint density at radius 3 is 2.95 bits per heavy atom. The highest BCUT2D eigenvalue weighted by Crippen LogP contribution is 2.23. The van der Waals surface area contributed by atoms with Gasteiger partial charge in [0.25, 0.3) is 0 Å². The van der Waals surface area contributed by atoms with Crippen LogP contribution in [0.15, 0.2) is 30.5 Å². The maximum Gasteiger partial charge on any atom is 0.326 e. The van der Waals surface area contributed by atoms with Crippen LogP contribution in [0.3, 0.4) is 0 Å². The Kier molecular flexibility index (Phi) is 4.50. The zero-order valence-electron chi connectivity index (χ0n) is 11.3. The lowest BCUT2D eigenvalue weighted by Crippen LogP contribution is -2.29. The second-order valence-electron chi connectivity index (χ2n) is 4.70. The van der Waals surface area contributed by atoms with E-state index in [1.54, 1.807) is 18.3 Å². The third-order valence-electron chi connectivity index (χ3n) is 3.18. The predicted molar refractivity (Wildman–Crippen MR) is 76.3 cm³/mol. The van der Waals surface area contributed by atoms with Gasteiger partial charge in [0, 0.05) is 11.6 Å². The number of benzene rings is 1. The van der Waals surface area contributed by atoms with Crippen LogP contribution in [0.2, 0.25) is 0 Å². The number of aliphatic carboxylic acids is 1. The molecule has 0 fully saturated rings. The zero-order valence-corrected chi connectivity index (χ0v) is 11.3. The quantitative estimate of drug-likeness (QED) is 0.848. The molecule has 20 heavy (non-hydrogen) atoms. The number of carbonyl (C=O) groups is 1. The summed E-state index contributed by atoms with van der Waals surface area (Å²) in [5, 5.41) is 13.5. The lowest BCUT2D eigenvalue weighted by molar-refractivity contribution is -0.138. The molecule has 0 amide bonds. The number of nitrogens with zero attached hydrogens (tertiary/aromatic N) is 1. The van der Waals surface area contributed by atoms with Crippen molar-refractivity contribution in [3.63, 3.8) is 0 Å². The van der Waals surface area contributed by atoms with Crippen molar-refractivity contribution >= 4 is 22.6 Å². The van der Waals surface area contributed by atoms with Crippen LogP contribution in [0.1, 0.15) is 26.2 Å². The van der Waals surface area contributed by atoms with Gasteiger partial charge in [0.15, 0.2) is 0 Å². The molecule has 2 aromatic rings. The van der Waals surface area contributed by atoms with E-state index in [1.807, 2.05) is 6.92 Å². The SMILES string of the molecule is CCCC[C@H](Nc1nccc2ccc(F)cc12)C(=O)O. The number of pyridine rings is 1. The van der Waals surface area contributed by atoms with Crippen molar-refractivity contribution in [3.8, 4) is 0 Å². The van der Waals surface area contributed by atoms with Gasteiger partial charge in [-0.3, -0.25) is 0 Å². The van der Waals surface area contributed by atoms with Gasteiger partial charge in [-0.15, -0.1) is 0 Å². The fourth-order valence-electron chi connectivity index (χ4n) is 2.09. The topological polar surface area (TPSA) is 62.2 Å². The van der Waals surface area contributed by atoms with Crippen molar-refractivity contribution in [2.24, 2.45) is 0 Å². The van der Waals surface area contributed by atoms with Crippen molar-refractivity contribution < 1.29 is 14.3 Å². The molecule has 1 atom stereocenters. The van der Waals surface area contributed by atoms with Gasteiger partial charge in [-0.05, 0) is 30.0 Å². The lowest BCUT2D eigenvalue weighted by atomic mass is 10.1. The first-order chi connectivity index (χ1) is 9.61. The zero-order chi connectivity index (χ0) is 14.5. The molecule has 5 heteroatoms. The molecule has 2 N–H and O–H groups in total. The highest BCUT2D eigenvalue weighted by Gasteiger charge is 2.18. The fourth-order valence-corrected chi connectivity index (χ4v) is 2.09. The van der Waals surface area contributed by atoms with Gasteiger partial charge in [-0.1, -0.05) is 25.8 Å². The summed E-state index contributed by atoms with van der Waals surface area (Å²) in [4.78, 5) is 15.4. The third kappa shape index (κ3) is 3.23. The molecule has 0 saturated carbocycles. The van der Waals surface area contributed by atoms with Crippen molar-refractivity contribution in [3.05, 3.63) is 36.3 Å². The third-order valence-corrected chi connectivity index (χ3v) is 3.18. The minimum Gasteiger partial charge on any atom is -0.480 e. The van der Waals surface area contributed by atoms with E-state index in [0.29, 0.717) is 17.6 Å². The molecule has 1 aromatic heterocycles. The highest BCUT2D eigenvalue weighted by atomic mass is 19.1. The summed E-state index contributed by atoms with van der Waals surface area (Å²) in [6.45, 7) is 2.00. The Labute approximate surface area is 116 Å². The van der Waals surface area contributed by atoms with Crippen LogP contribution >= 0.6 is 0 Å². The summed E-state index contributed by atoms with van der Waals surface area (Å²) in [5.41, 5.74) is 0. The van der Waals surface area contributed by atoms with E-state index in [2.05, 4.69) is 10.3 Å². The number of anilines is 1. The van der Waals surface area contributed by atoms with E-state index in [1.165, 1.54) is 12.1 Å². The second kappa shape index (κ2) is 6.32. The van der Waals surface area contributed by atoms with Gasteiger partial charge >= 0.3 is 5.97 Å². The second-order valence-corrected chi connectivity index (χ2v) is 4.70. The van der Waals surface area contributed by atoms with Crippen LogP contribution in [0.4, 0.5) is 10.2 Å². The number of hydrogen-bond donors (Lipinski definition) is 2. The molecule has 0 aliphatic heterocycles. The standard InChI is InChI=1S/C15H17FN2O2/c1-2-3-4-13(15(19)20)18-14-12-9-11(16)6-5-10(12)7-8-17-14/h5-9,13H,2-4H2,1H3,(H,17,18)(H,19,20)/t13-/m0/s1. The molecule has 106 valence electrons. The molecule has 1 aromatic carbocycles. The summed E-state index contributed by atoms with van der Waals surface area (Å²) in [5.74, 6) is -0.881. The average Bonchev–Trinajstić information content (AvgIpc) is 2.43. The maximum absolute atomic E-state index is 13.3. The number of rotatable bonds is 6. The fraction of sp³-hybridized carbons (Fsp3) is 0.333. The summed E-state index contributed by atoms with van der Waals surface area (Å²) < 4.78 is 13.3. The number of unbranched alkanes of at least 4 members (excludes halogenated alkanes) is 1. The maximum atomic E-state index is 13.3. The Bertz CT molecular complexity index is 616. The number of carboxylic acid groups (broad SMARTS) is 1. The molecule has 0 aliphatic carbocycles. The summed E-state index contributed by atoms with van der Waals surface area (Å²) in [7, 11) is 0. The molecule has 0 radical (unpaired) electrons. The largest absolute Gasteiger partial charge is 0.480 e. The number of halogens is 1. The Hall–Kier alpha value is -2.17. The monoisotopic (exact) mass is 276 g/mol. The van der Waals surface area contributed by atoms with Crippen molar-refractivity contribution in [1.29, 1.82) is 0 Å². The van der Waals surface area contributed by atoms with Gasteiger partial charge in [-0.2, -0.15) is 0 Å². The first kappa shape index (κ1) is 14.2. The molecule has 0 bridgehead atoms. The first-order valence-electron chi connectivity index (χ1n) is 6.65. The molecule has 0 aliphatic rings. The van der Waals surface area contributed by atoms with E-state index in [4.69, 9.17) is 0 Å². The van der Waals surface area contributed by atoms with Crippen molar-refractivity contribution in [2.75, 3.05) is 5.32 Å². The van der Waals surface area contributed by atoms with Crippen molar-refractivity contribution in [1.82, 2.24) is 4.98 Å². The molecule has 0 spiro atoms. The number of hydrogen-bond acceptors (Lipinski definition) is 3. The summed E-state index contributed by atoms with van der Waals surface area (Å²) >= 11 is 0. The predicted octanol–water partition coefficient (Wildman–Crippen LogP) is 3.43. The van der Waals surface area contributed by atoms with Crippen LogP contribution in [0.25, 0.3) is 10.8 Å². The first-order valence-corrected chi connectivity index (χ1v) is 6.65. The molecule has 4 nitrogen and oxygen atoms in total. The number of fused-ring (bicyclic) bond motifs is 1. The van der Waals surface area contributed by atoms with Gasteiger partial charge < -0.3 is 10.4 Å². The average molecular weight is 276 g/mol. The summed E-state index contributed by atoms with van der Waals surface area (Å²) in [6, 6.07) is 5.44. The van der Waals surface area contributed by atoms with Crippen LogP contribution in [0.5, 0.6) is 0 Å². The molecular formula is C15H17FN2O2. The molecule has 2 rings (SSSR count). The smallest absolute Gasteiger partial charge is 0.326 e. The van der Waals surface area contributed by atoms with Gasteiger partial charge in [0.2, 0.25) is 0 Å². The highest BCUT2D eigenvalue weighted by molar-refractivity contribution is 5.93. The summed E-state index contributed by atoms with van der Waals surface area (Å²) in [6.07, 6.45) is 3.83. The molecular weight excluding hydrogens is 259 g/mol. The molecule has 1 heterocycles. The van der Waals surface area contributed by atoms with Crippen LogP contribution in [-0.2, 0) is 4.79 Å². The van der Waals surface area contributed by atoms with E-state index in [-0.39, 0.29) is 5.82 Å². The van der Waals surface area contributed by atoms with E-state index >= 15 is 0 Å². The minimum absolute atomic E-state index is 0.367. The Morgan fingerprint density at radius 2 is 2.25 bits per heavy atom. The lowest BCUT2D eigenvalue weighted by Gasteiger charge is -2.16. The van der Waals surface area contributed by atoms with E-state index in [0.717, 1.165) is 18.2 Å². The van der Waals surface area contributed by atoms with Crippen LogP contribution < -0.4 is 5.32 Å². The normalized spacial score (nSPS) is 12.3. The van der Waals surface area contributed by atoms with E-state index in [9.17, 15) is 14.3 Å². The number of nitrogens with one attached hydrogen (secondary N) is 1. The molecule has 0 saturated heterocycles. The van der Waals surface area contributed by atoms with Crippen LogP contribution in [0, 0.1) is 5.82 Å². The Balaban J connectivity index is 2.31. The van der Waals surface area contributed by atoms with Gasteiger partial charge in [0.05, 0.1) is 0 Å². The number of carboxylic acids is 1. The Morgan fingerprint density at radius 1 is 1.45 bits per heavy atom. The van der Waals surface area contributed by atoms with Gasteiger partial charge in [-0.25, -0.2) is 14.2 Å². The van der Waals surface area contributed by atoms with E-state index < -0.39 is 12.0 Å². The minimum atomic E-state index is -0.923. The van der Waals surface area contributed by atoms with Crippen LogP contribution in [-0.4, -0.2) is 22.1 Å². The van der Waals surface area contributed by atoms with Gasteiger partial charge in [0.1, 0.15) is 17.7 Å². The number of aromatic nitrogens is 1. The van der Waals surface area contributed by atoms with Crippen molar-refractivity contribution in [2.45, 2.75) is 32.2 Å². The molecule has 0 unspecified atom stereocenters.